The van der Waals surface area contributed by atoms with Crippen molar-refractivity contribution in [3.05, 3.63) is 0 Å². The molecule has 7 heteroatoms. The summed E-state index contributed by atoms with van der Waals surface area (Å²) in [5.41, 5.74) is 0. The van der Waals surface area contributed by atoms with Gasteiger partial charge in [-0.2, -0.15) is 0 Å². The molecule has 0 radical (unpaired) electrons. The van der Waals surface area contributed by atoms with Gasteiger partial charge in [-0.25, -0.2) is 0 Å². The Balaban J connectivity index is 4.73. The van der Waals surface area contributed by atoms with Crippen LogP contribution in [0, 0.1) is 0 Å². The molecule has 0 aliphatic rings. The van der Waals surface area contributed by atoms with Crippen molar-refractivity contribution in [1.82, 2.24) is 0 Å². The average Bonchev–Trinajstić information content (AvgIpc) is 2.81. The van der Waals surface area contributed by atoms with Crippen LogP contribution >= 0.6 is 11.8 Å². The summed E-state index contributed by atoms with van der Waals surface area (Å²) < 4.78 is 23.8. The van der Waals surface area contributed by atoms with Gasteiger partial charge >= 0.3 is 14.8 Å². The molecule has 0 atom stereocenters. The average molecular weight is 521 g/mol. The largest absolute Gasteiger partial charge is 0.500 e. The summed E-state index contributed by atoms with van der Waals surface area (Å²) in [5.74, 6) is 0.709. The number of hydrogen-bond donors (Lipinski definition) is 0. The van der Waals surface area contributed by atoms with E-state index in [4.69, 9.17) is 18.0 Å². The Bertz CT molecular complexity index is 458. The highest BCUT2D eigenvalue weighted by molar-refractivity contribution is 8.01. The van der Waals surface area contributed by atoms with Crippen LogP contribution in [-0.4, -0.2) is 51.7 Å². The Morgan fingerprint density at radius 2 is 1.18 bits per heavy atom. The molecule has 0 bridgehead atoms. The lowest BCUT2D eigenvalue weighted by Crippen LogP contribution is -2.46. The van der Waals surface area contributed by atoms with Gasteiger partial charge in [-0.3, -0.25) is 4.79 Å². The summed E-state index contributed by atoms with van der Waals surface area (Å²) in [6, 6.07) is 0.804. The summed E-state index contributed by atoms with van der Waals surface area (Å²) in [6.45, 7) is 14.7. The molecule has 0 aromatic carbocycles. The zero-order valence-electron chi connectivity index (χ0n) is 23.4. The van der Waals surface area contributed by atoms with E-state index in [1.54, 1.807) is 11.8 Å². The quantitative estimate of drug-likeness (QED) is 0.0687. The van der Waals surface area contributed by atoms with E-state index in [9.17, 15) is 4.79 Å². The second-order valence-electron chi connectivity index (χ2n) is 9.53. The van der Waals surface area contributed by atoms with E-state index in [0.29, 0.717) is 13.2 Å². The molecule has 0 aliphatic carbocycles. The van der Waals surface area contributed by atoms with Gasteiger partial charge < -0.3 is 18.0 Å². The number of esters is 1. The predicted octanol–water partition coefficient (Wildman–Crippen LogP) is 8.18. The molecule has 0 saturated carbocycles. The molecule has 0 unspecified atom stereocenters. The number of thioether (sulfide) groups is 1. The van der Waals surface area contributed by atoms with Gasteiger partial charge in [0.05, 0.1) is 6.61 Å². The van der Waals surface area contributed by atoms with E-state index in [-0.39, 0.29) is 5.97 Å². The molecule has 204 valence electrons. The maximum atomic E-state index is 12.2. The minimum absolute atomic E-state index is 0.146. The van der Waals surface area contributed by atoms with Gasteiger partial charge in [0.1, 0.15) is 4.75 Å². The number of carbonyl (C=O) groups excluding carboxylic acids is 1. The molecule has 5 nitrogen and oxygen atoms in total. The van der Waals surface area contributed by atoms with Crippen molar-refractivity contribution in [3.63, 3.8) is 0 Å². The van der Waals surface area contributed by atoms with Gasteiger partial charge in [0.2, 0.25) is 0 Å². The molecule has 0 aromatic rings. The molecule has 0 saturated heterocycles. The molecule has 0 N–H and O–H groups in total. The molecule has 34 heavy (non-hydrogen) atoms. The third-order valence-electron chi connectivity index (χ3n) is 5.86. The van der Waals surface area contributed by atoms with Crippen molar-refractivity contribution < 1.29 is 22.8 Å². The molecule has 0 spiro atoms. The Labute approximate surface area is 217 Å². The van der Waals surface area contributed by atoms with Gasteiger partial charge in [0, 0.05) is 25.9 Å². The zero-order chi connectivity index (χ0) is 25.5. The fourth-order valence-corrected chi connectivity index (χ4v) is 7.64. The fraction of sp³-hybridized carbons (Fsp3) is 0.963. The maximum Gasteiger partial charge on any atom is 0.500 e. The SMILES string of the molecule is CCCCCCCCO[Si](CCCSC(C)(C)C(=O)OCC)(OCC)OCCCCCCCC. The van der Waals surface area contributed by atoms with Crippen LogP contribution in [0.4, 0.5) is 0 Å². The minimum Gasteiger partial charge on any atom is -0.465 e. The molecular weight excluding hydrogens is 464 g/mol. The molecular formula is C27H56O5SSi. The number of ether oxygens (including phenoxy) is 1. The van der Waals surface area contributed by atoms with E-state index >= 15 is 0 Å². The lowest BCUT2D eigenvalue weighted by atomic mass is 10.1. The minimum atomic E-state index is -2.71. The van der Waals surface area contributed by atoms with E-state index in [2.05, 4.69) is 13.8 Å². The summed E-state index contributed by atoms with van der Waals surface area (Å²) in [5, 5.41) is 0. The van der Waals surface area contributed by atoms with Gasteiger partial charge in [-0.15, -0.1) is 11.8 Å². The Morgan fingerprint density at radius 1 is 0.676 bits per heavy atom. The third-order valence-corrected chi connectivity index (χ3v) is 10.2. The lowest BCUT2D eigenvalue weighted by Gasteiger charge is -2.30. The molecule has 0 amide bonds. The molecule has 0 rings (SSSR count). The second-order valence-corrected chi connectivity index (χ2v) is 14.0. The number of carbonyl (C=O) groups is 1. The molecule has 0 heterocycles. The molecule has 0 aromatic heterocycles. The highest BCUT2D eigenvalue weighted by Crippen LogP contribution is 2.29. The standard InChI is InChI=1S/C27H56O5SSi/c1-7-11-13-15-17-19-22-31-34(30-10-4,32-23-20-18-16-14-12-8-2)25-21-24-33-27(5,6)26(28)29-9-3/h7-25H2,1-6H3. The summed E-state index contributed by atoms with van der Waals surface area (Å²) >= 11 is 1.65. The number of hydrogen-bond acceptors (Lipinski definition) is 6. The van der Waals surface area contributed by atoms with Crippen molar-refractivity contribution >= 4 is 26.5 Å². The van der Waals surface area contributed by atoms with Gasteiger partial charge in [0.15, 0.2) is 0 Å². The normalized spacial score (nSPS) is 12.3. The first-order valence-corrected chi connectivity index (χ1v) is 17.0. The topological polar surface area (TPSA) is 54.0 Å². The van der Waals surface area contributed by atoms with Crippen LogP contribution in [-0.2, 0) is 22.8 Å². The zero-order valence-corrected chi connectivity index (χ0v) is 25.2. The van der Waals surface area contributed by atoms with Crippen LogP contribution in [0.1, 0.15) is 125 Å². The Morgan fingerprint density at radius 3 is 1.65 bits per heavy atom. The van der Waals surface area contributed by atoms with Gasteiger partial charge in [0.25, 0.3) is 0 Å². The Kier molecular flexibility index (Phi) is 22.1. The number of rotatable bonds is 25. The van der Waals surface area contributed by atoms with Crippen molar-refractivity contribution in [3.8, 4) is 0 Å². The van der Waals surface area contributed by atoms with Crippen molar-refractivity contribution in [1.29, 1.82) is 0 Å². The van der Waals surface area contributed by atoms with Crippen LogP contribution < -0.4 is 0 Å². The fourth-order valence-electron chi connectivity index (χ4n) is 3.76. The van der Waals surface area contributed by atoms with Crippen LogP contribution in [0.3, 0.4) is 0 Å². The van der Waals surface area contributed by atoms with Gasteiger partial charge in [-0.05, 0) is 52.7 Å². The summed E-state index contributed by atoms with van der Waals surface area (Å²) in [7, 11) is -2.71. The molecule has 0 aliphatic heterocycles. The summed E-state index contributed by atoms with van der Waals surface area (Å²) in [6.07, 6.45) is 15.8. The highest BCUT2D eigenvalue weighted by atomic mass is 32.2. The maximum absolute atomic E-state index is 12.2. The first-order chi connectivity index (χ1) is 16.4. The predicted molar refractivity (Wildman–Crippen MR) is 149 cm³/mol. The van der Waals surface area contributed by atoms with E-state index in [1.807, 2.05) is 27.7 Å². The van der Waals surface area contributed by atoms with Crippen LogP contribution in [0.5, 0.6) is 0 Å². The first-order valence-electron chi connectivity index (χ1n) is 14.1. The van der Waals surface area contributed by atoms with Crippen LogP contribution in [0.2, 0.25) is 6.04 Å². The van der Waals surface area contributed by atoms with Crippen LogP contribution in [0.15, 0.2) is 0 Å². The van der Waals surface area contributed by atoms with Crippen molar-refractivity contribution in [2.24, 2.45) is 0 Å². The van der Waals surface area contributed by atoms with E-state index in [0.717, 1.165) is 44.3 Å². The molecule has 0 fully saturated rings. The smallest absolute Gasteiger partial charge is 0.465 e. The van der Waals surface area contributed by atoms with E-state index in [1.165, 1.54) is 64.2 Å². The monoisotopic (exact) mass is 520 g/mol. The Hall–Kier alpha value is -0.0831. The lowest BCUT2D eigenvalue weighted by molar-refractivity contribution is -0.145. The first kappa shape index (κ1) is 33.9. The second kappa shape index (κ2) is 22.1. The van der Waals surface area contributed by atoms with Crippen LogP contribution in [0.25, 0.3) is 0 Å². The highest BCUT2D eigenvalue weighted by Gasteiger charge is 2.40. The van der Waals surface area contributed by atoms with E-state index < -0.39 is 13.6 Å². The van der Waals surface area contributed by atoms with Crippen molar-refractivity contribution in [2.75, 3.05) is 32.2 Å². The third kappa shape index (κ3) is 17.4. The van der Waals surface area contributed by atoms with Gasteiger partial charge in [-0.1, -0.05) is 78.1 Å². The summed E-state index contributed by atoms with van der Waals surface area (Å²) in [4.78, 5) is 12.2. The number of unbranched alkanes of at least 4 members (excludes halogenated alkanes) is 10. The van der Waals surface area contributed by atoms with Crippen molar-refractivity contribution in [2.45, 2.75) is 136 Å².